The molecule has 0 heterocycles. The number of Topliss-reactive ketones (excluding diaryl/α,β-unsaturated/α-hetero) is 1. The lowest BCUT2D eigenvalue weighted by Gasteiger charge is -2.58. The molecule has 4 rings (SSSR count). The molecule has 0 aromatic heterocycles. The number of carbonyl (C=O) groups excluding carboxylic acids is 1. The van der Waals surface area contributed by atoms with Crippen molar-refractivity contribution in [3.05, 3.63) is 11.6 Å². The van der Waals surface area contributed by atoms with Crippen molar-refractivity contribution in [1.82, 2.24) is 0 Å². The number of hydrogen-bond donors (Lipinski definition) is 1. The van der Waals surface area contributed by atoms with Crippen LogP contribution in [0.4, 0.5) is 0 Å². The maximum atomic E-state index is 12.0. The number of carboxylic acids is 1. The van der Waals surface area contributed by atoms with E-state index in [1.807, 2.05) is 0 Å². The second kappa shape index (κ2) is 7.54. The van der Waals surface area contributed by atoms with E-state index in [-0.39, 0.29) is 5.92 Å². The molecule has 0 unspecified atom stereocenters. The zero-order chi connectivity index (χ0) is 21.0. The van der Waals surface area contributed by atoms with Crippen LogP contribution in [0.15, 0.2) is 11.6 Å². The van der Waals surface area contributed by atoms with Crippen LogP contribution in [0.2, 0.25) is 0 Å². The van der Waals surface area contributed by atoms with Crippen LogP contribution in [0.3, 0.4) is 0 Å². The maximum absolute atomic E-state index is 12.0. The lowest BCUT2D eigenvalue weighted by molar-refractivity contribution is -0.137. The van der Waals surface area contributed by atoms with E-state index in [1.54, 1.807) is 12.5 Å². The topological polar surface area (TPSA) is 54.4 Å². The van der Waals surface area contributed by atoms with Crippen molar-refractivity contribution < 1.29 is 14.7 Å². The Morgan fingerprint density at radius 1 is 1.14 bits per heavy atom. The molecule has 0 aromatic rings. The third-order valence-electron chi connectivity index (χ3n) is 10.3. The van der Waals surface area contributed by atoms with Gasteiger partial charge in [-0.3, -0.25) is 9.59 Å². The first kappa shape index (κ1) is 21.1. The third kappa shape index (κ3) is 3.41. The van der Waals surface area contributed by atoms with E-state index < -0.39 is 5.97 Å². The lowest BCUT2D eigenvalue weighted by Crippen LogP contribution is -2.50. The molecule has 162 valence electrons. The second-order valence-electron chi connectivity index (χ2n) is 11.4. The molecule has 3 fully saturated rings. The molecule has 0 bridgehead atoms. The average Bonchev–Trinajstić information content (AvgIpc) is 3.02. The van der Waals surface area contributed by atoms with Crippen LogP contribution in [-0.4, -0.2) is 16.9 Å². The highest BCUT2D eigenvalue weighted by Crippen LogP contribution is 2.67. The zero-order valence-corrected chi connectivity index (χ0v) is 18.9. The Hall–Kier alpha value is -1.12. The average molecular weight is 401 g/mol. The fraction of sp³-hybridized carbons (Fsp3) is 0.846. The summed E-state index contributed by atoms with van der Waals surface area (Å²) in [5.74, 6) is 3.52. The number of aliphatic carboxylic acids is 1. The van der Waals surface area contributed by atoms with Crippen molar-refractivity contribution in [1.29, 1.82) is 0 Å². The van der Waals surface area contributed by atoms with E-state index in [2.05, 4.69) is 26.8 Å². The lowest BCUT2D eigenvalue weighted by atomic mass is 9.46. The van der Waals surface area contributed by atoms with E-state index in [9.17, 15) is 9.59 Å². The van der Waals surface area contributed by atoms with Crippen LogP contribution in [0.5, 0.6) is 0 Å². The minimum absolute atomic E-state index is 0.255. The van der Waals surface area contributed by atoms with E-state index in [1.165, 1.54) is 38.5 Å². The molecule has 0 amide bonds. The van der Waals surface area contributed by atoms with Gasteiger partial charge in [0.15, 0.2) is 0 Å². The molecule has 0 aliphatic heterocycles. The number of ketones is 1. The fourth-order valence-corrected chi connectivity index (χ4v) is 8.54. The zero-order valence-electron chi connectivity index (χ0n) is 18.9. The molecule has 3 saturated carbocycles. The highest BCUT2D eigenvalue weighted by molar-refractivity contribution is 5.78. The molecule has 0 aromatic carbocycles. The molecule has 3 nitrogen and oxygen atoms in total. The highest BCUT2D eigenvalue weighted by Gasteiger charge is 2.59. The Morgan fingerprint density at radius 2 is 1.90 bits per heavy atom. The first-order valence-corrected chi connectivity index (χ1v) is 12.1. The van der Waals surface area contributed by atoms with Crippen molar-refractivity contribution in [3.8, 4) is 0 Å². The van der Waals surface area contributed by atoms with Crippen molar-refractivity contribution in [3.63, 3.8) is 0 Å². The SMILES string of the molecule is CC(=O)[C@H]1CC[C@@]2(C)C(=CC[C@H]3[C@@H]4CC[C@H]([C@H](C)CCC(=O)O)[C@@]4(C)CC[C@@H]32)C1. The summed E-state index contributed by atoms with van der Waals surface area (Å²) in [5.41, 5.74) is 2.29. The number of carboxylic acid groups (broad SMARTS) is 1. The van der Waals surface area contributed by atoms with Crippen LogP contribution in [0, 0.1) is 46.3 Å². The van der Waals surface area contributed by atoms with Crippen molar-refractivity contribution in [2.45, 2.75) is 91.9 Å². The van der Waals surface area contributed by atoms with Crippen LogP contribution in [-0.2, 0) is 9.59 Å². The van der Waals surface area contributed by atoms with Crippen LogP contribution >= 0.6 is 0 Å². The first-order chi connectivity index (χ1) is 13.7. The van der Waals surface area contributed by atoms with Gasteiger partial charge in [0.05, 0.1) is 0 Å². The standard InChI is InChI=1S/C26H40O3/c1-16(5-10-24(28)29)21-8-9-22-20-7-6-19-15-18(17(2)27)11-13-25(19,3)23(20)12-14-26(21,22)4/h6,16,18,20-23H,5,7-15H2,1-4H3,(H,28,29)/t16-,18+,20+,21-,22+,23+,25+,26-/m1/s1. The fourth-order valence-electron chi connectivity index (χ4n) is 8.54. The van der Waals surface area contributed by atoms with Gasteiger partial charge in [-0.2, -0.15) is 0 Å². The van der Waals surface area contributed by atoms with Gasteiger partial charge in [-0.15, -0.1) is 0 Å². The van der Waals surface area contributed by atoms with Crippen LogP contribution in [0.25, 0.3) is 0 Å². The Kier molecular flexibility index (Phi) is 5.49. The van der Waals surface area contributed by atoms with Gasteiger partial charge in [0.25, 0.3) is 0 Å². The maximum Gasteiger partial charge on any atom is 0.303 e. The van der Waals surface area contributed by atoms with Crippen molar-refractivity contribution in [2.24, 2.45) is 46.3 Å². The Labute approximate surface area is 176 Å². The van der Waals surface area contributed by atoms with Gasteiger partial charge in [0.2, 0.25) is 0 Å². The number of carbonyl (C=O) groups is 2. The molecular weight excluding hydrogens is 360 g/mol. The molecule has 4 aliphatic rings. The van der Waals surface area contributed by atoms with E-state index >= 15 is 0 Å². The molecule has 3 heteroatoms. The summed E-state index contributed by atoms with van der Waals surface area (Å²) in [6.07, 6.45) is 13.4. The van der Waals surface area contributed by atoms with Gasteiger partial charge in [0, 0.05) is 12.3 Å². The molecule has 0 spiro atoms. The minimum atomic E-state index is -0.653. The Bertz CT molecular complexity index is 709. The van der Waals surface area contributed by atoms with E-state index in [4.69, 9.17) is 5.11 Å². The molecule has 29 heavy (non-hydrogen) atoms. The van der Waals surface area contributed by atoms with Gasteiger partial charge in [0.1, 0.15) is 5.78 Å². The van der Waals surface area contributed by atoms with Crippen molar-refractivity contribution >= 4 is 11.8 Å². The second-order valence-corrected chi connectivity index (χ2v) is 11.4. The quantitative estimate of drug-likeness (QED) is 0.553. The summed E-state index contributed by atoms with van der Waals surface area (Å²) >= 11 is 0. The predicted octanol–water partition coefficient (Wildman–Crippen LogP) is 6.27. The van der Waals surface area contributed by atoms with Crippen LogP contribution in [0.1, 0.15) is 91.9 Å². The molecule has 0 radical (unpaired) electrons. The highest BCUT2D eigenvalue weighted by atomic mass is 16.4. The molecule has 0 saturated heterocycles. The molecular formula is C26H40O3. The van der Waals surface area contributed by atoms with Gasteiger partial charge >= 0.3 is 5.97 Å². The normalized spacial score (nSPS) is 44.8. The number of rotatable bonds is 5. The number of allylic oxidation sites excluding steroid dienone is 2. The first-order valence-electron chi connectivity index (χ1n) is 12.1. The minimum Gasteiger partial charge on any atom is -0.481 e. The van der Waals surface area contributed by atoms with E-state index in [0.29, 0.717) is 34.9 Å². The largest absolute Gasteiger partial charge is 0.481 e. The van der Waals surface area contributed by atoms with Crippen LogP contribution < -0.4 is 0 Å². The predicted molar refractivity (Wildman–Crippen MR) is 115 cm³/mol. The van der Waals surface area contributed by atoms with Gasteiger partial charge in [-0.05, 0) is 105 Å². The third-order valence-corrected chi connectivity index (χ3v) is 10.3. The molecule has 1 N–H and O–H groups in total. The summed E-state index contributed by atoms with van der Waals surface area (Å²) in [5, 5.41) is 9.12. The van der Waals surface area contributed by atoms with Crippen molar-refractivity contribution in [2.75, 3.05) is 0 Å². The summed E-state index contributed by atoms with van der Waals surface area (Å²) in [6.45, 7) is 9.12. The molecule has 4 aliphatic carbocycles. The van der Waals surface area contributed by atoms with Gasteiger partial charge < -0.3 is 5.11 Å². The van der Waals surface area contributed by atoms with Gasteiger partial charge in [-0.1, -0.05) is 32.4 Å². The summed E-state index contributed by atoms with van der Waals surface area (Å²) in [7, 11) is 0. The van der Waals surface area contributed by atoms with E-state index in [0.717, 1.165) is 37.0 Å². The monoisotopic (exact) mass is 400 g/mol. The Morgan fingerprint density at radius 3 is 2.59 bits per heavy atom. The number of hydrogen-bond acceptors (Lipinski definition) is 2. The van der Waals surface area contributed by atoms with Gasteiger partial charge in [-0.25, -0.2) is 0 Å². The summed E-state index contributed by atoms with van der Waals surface area (Å²) < 4.78 is 0. The molecule has 8 atom stereocenters. The summed E-state index contributed by atoms with van der Waals surface area (Å²) in [6, 6.07) is 0. The number of fused-ring (bicyclic) bond motifs is 5. The Balaban J connectivity index is 1.53. The smallest absolute Gasteiger partial charge is 0.303 e. The summed E-state index contributed by atoms with van der Waals surface area (Å²) in [4.78, 5) is 23.1.